The fourth-order valence-corrected chi connectivity index (χ4v) is 2.42. The Morgan fingerprint density at radius 3 is 2.45 bits per heavy atom. The Kier molecular flexibility index (Phi) is 5.89. The highest BCUT2D eigenvalue weighted by atomic mass is 79.9. The molecule has 7 heteroatoms. The minimum Gasteiger partial charge on any atom is -0.348 e. The molecule has 0 saturated carbocycles. The second kappa shape index (κ2) is 6.80. The van der Waals surface area contributed by atoms with Crippen molar-refractivity contribution in [2.75, 3.05) is 5.88 Å². The molecular weight excluding hydrogens is 358 g/mol. The molecule has 0 aliphatic rings. The number of nitrogens with one attached hydrogen (secondary N) is 1. The summed E-state index contributed by atoms with van der Waals surface area (Å²) < 4.78 is 38.2. The van der Waals surface area contributed by atoms with Crippen LogP contribution in [0.2, 0.25) is 0 Å². The van der Waals surface area contributed by atoms with Gasteiger partial charge in [0, 0.05) is 22.0 Å². The monoisotopic (exact) mass is 371 g/mol. The average molecular weight is 373 g/mol. The largest absolute Gasteiger partial charge is 0.417 e. The maximum atomic E-state index is 12.8. The smallest absolute Gasteiger partial charge is 0.348 e. The molecule has 1 atom stereocenters. The second-order valence-electron chi connectivity index (χ2n) is 4.67. The SMILES string of the molecule is CC(C)C(CCl)NC(=O)c1ccc(Br)c(C(F)(F)F)c1. The van der Waals surface area contributed by atoms with Crippen LogP contribution in [0.1, 0.15) is 29.8 Å². The van der Waals surface area contributed by atoms with E-state index in [1.54, 1.807) is 0 Å². The van der Waals surface area contributed by atoms with Gasteiger partial charge in [0.15, 0.2) is 0 Å². The van der Waals surface area contributed by atoms with E-state index in [9.17, 15) is 18.0 Å². The van der Waals surface area contributed by atoms with Crippen molar-refractivity contribution >= 4 is 33.4 Å². The predicted octanol–water partition coefficient (Wildman–Crippen LogP) is 4.46. The molecule has 1 rings (SSSR count). The molecule has 112 valence electrons. The minimum atomic E-state index is -4.51. The van der Waals surface area contributed by atoms with Crippen LogP contribution < -0.4 is 5.32 Å². The van der Waals surface area contributed by atoms with E-state index in [1.807, 2.05) is 13.8 Å². The van der Waals surface area contributed by atoms with Crippen LogP contribution in [0.5, 0.6) is 0 Å². The Balaban J connectivity index is 3.00. The van der Waals surface area contributed by atoms with E-state index in [-0.39, 0.29) is 27.9 Å². The quantitative estimate of drug-likeness (QED) is 0.777. The first-order valence-electron chi connectivity index (χ1n) is 5.90. The molecule has 0 aromatic heterocycles. The summed E-state index contributed by atoms with van der Waals surface area (Å²) in [5, 5.41) is 2.63. The van der Waals surface area contributed by atoms with Gasteiger partial charge < -0.3 is 5.32 Å². The fraction of sp³-hybridized carbons (Fsp3) is 0.462. The first kappa shape index (κ1) is 17.3. The minimum absolute atomic E-state index is 0.0451. The number of carbonyl (C=O) groups is 1. The van der Waals surface area contributed by atoms with E-state index < -0.39 is 17.6 Å². The van der Waals surface area contributed by atoms with E-state index in [4.69, 9.17) is 11.6 Å². The van der Waals surface area contributed by atoms with Crippen molar-refractivity contribution in [3.8, 4) is 0 Å². The van der Waals surface area contributed by atoms with Crippen LogP contribution in [-0.2, 0) is 6.18 Å². The highest BCUT2D eigenvalue weighted by Crippen LogP contribution is 2.35. The van der Waals surface area contributed by atoms with E-state index >= 15 is 0 Å². The molecule has 0 bridgehead atoms. The van der Waals surface area contributed by atoms with Crippen molar-refractivity contribution in [3.63, 3.8) is 0 Å². The number of hydrogen-bond donors (Lipinski definition) is 1. The van der Waals surface area contributed by atoms with Crippen molar-refractivity contribution < 1.29 is 18.0 Å². The Morgan fingerprint density at radius 1 is 1.40 bits per heavy atom. The van der Waals surface area contributed by atoms with Gasteiger partial charge in [-0.15, -0.1) is 11.6 Å². The zero-order chi connectivity index (χ0) is 15.5. The summed E-state index contributed by atoms with van der Waals surface area (Å²) in [4.78, 5) is 12.0. The molecule has 0 heterocycles. The topological polar surface area (TPSA) is 29.1 Å². The Bertz CT molecular complexity index is 491. The number of amides is 1. The first-order valence-corrected chi connectivity index (χ1v) is 7.23. The fourth-order valence-electron chi connectivity index (χ4n) is 1.52. The van der Waals surface area contributed by atoms with Crippen molar-refractivity contribution in [2.24, 2.45) is 5.92 Å². The van der Waals surface area contributed by atoms with Crippen molar-refractivity contribution in [1.82, 2.24) is 5.32 Å². The molecule has 1 aromatic carbocycles. The normalized spacial score (nSPS) is 13.4. The Morgan fingerprint density at radius 2 is 2.00 bits per heavy atom. The molecule has 0 spiro atoms. The lowest BCUT2D eigenvalue weighted by molar-refractivity contribution is -0.138. The third-order valence-corrected chi connectivity index (χ3v) is 3.85. The number of alkyl halides is 4. The van der Waals surface area contributed by atoms with Crippen LogP contribution in [0.4, 0.5) is 13.2 Å². The van der Waals surface area contributed by atoms with E-state index in [0.29, 0.717) is 0 Å². The van der Waals surface area contributed by atoms with Crippen LogP contribution >= 0.6 is 27.5 Å². The van der Waals surface area contributed by atoms with Gasteiger partial charge in [-0.1, -0.05) is 29.8 Å². The van der Waals surface area contributed by atoms with Gasteiger partial charge in [-0.25, -0.2) is 0 Å². The number of carbonyl (C=O) groups excluding carboxylic acids is 1. The van der Waals surface area contributed by atoms with Gasteiger partial charge in [0.05, 0.1) is 5.56 Å². The van der Waals surface area contributed by atoms with Crippen LogP contribution in [0.15, 0.2) is 22.7 Å². The van der Waals surface area contributed by atoms with Crippen molar-refractivity contribution in [2.45, 2.75) is 26.1 Å². The molecule has 1 amide bonds. The molecule has 1 aromatic rings. The lowest BCUT2D eigenvalue weighted by Gasteiger charge is -2.20. The summed E-state index contributed by atoms with van der Waals surface area (Å²) in [6.45, 7) is 3.74. The van der Waals surface area contributed by atoms with Gasteiger partial charge >= 0.3 is 6.18 Å². The highest BCUT2D eigenvalue weighted by molar-refractivity contribution is 9.10. The number of halogens is 5. The lowest BCUT2D eigenvalue weighted by atomic mass is 10.0. The molecule has 2 nitrogen and oxygen atoms in total. The molecular formula is C13H14BrClF3NO. The van der Waals surface area contributed by atoms with Crippen LogP contribution in [0.3, 0.4) is 0 Å². The summed E-state index contributed by atoms with van der Waals surface area (Å²) in [6, 6.07) is 3.08. The first-order chi connectivity index (χ1) is 9.16. The number of rotatable bonds is 4. The lowest BCUT2D eigenvalue weighted by Crippen LogP contribution is -2.39. The zero-order valence-electron chi connectivity index (χ0n) is 10.9. The maximum Gasteiger partial charge on any atom is 0.417 e. The van der Waals surface area contributed by atoms with Gasteiger partial charge in [-0.3, -0.25) is 4.79 Å². The van der Waals surface area contributed by atoms with E-state index in [2.05, 4.69) is 21.2 Å². The average Bonchev–Trinajstić information content (AvgIpc) is 2.34. The van der Waals surface area contributed by atoms with Crippen LogP contribution in [0, 0.1) is 5.92 Å². The van der Waals surface area contributed by atoms with Gasteiger partial charge in [0.25, 0.3) is 5.91 Å². The molecule has 0 radical (unpaired) electrons. The van der Waals surface area contributed by atoms with Crippen molar-refractivity contribution in [3.05, 3.63) is 33.8 Å². The number of benzene rings is 1. The predicted molar refractivity (Wildman–Crippen MR) is 76.0 cm³/mol. The van der Waals surface area contributed by atoms with Gasteiger partial charge in [0.2, 0.25) is 0 Å². The van der Waals surface area contributed by atoms with Gasteiger partial charge in [-0.05, 0) is 24.1 Å². The van der Waals surface area contributed by atoms with E-state index in [1.165, 1.54) is 12.1 Å². The Labute approximate surface area is 128 Å². The van der Waals surface area contributed by atoms with Gasteiger partial charge in [-0.2, -0.15) is 13.2 Å². The molecule has 1 unspecified atom stereocenters. The molecule has 20 heavy (non-hydrogen) atoms. The summed E-state index contributed by atoms with van der Waals surface area (Å²) in [7, 11) is 0. The molecule has 0 aliphatic heterocycles. The highest BCUT2D eigenvalue weighted by Gasteiger charge is 2.33. The Hall–Kier alpha value is -0.750. The summed E-state index contributed by atoms with van der Waals surface area (Å²) >= 11 is 8.55. The maximum absolute atomic E-state index is 12.8. The third-order valence-electron chi connectivity index (χ3n) is 2.82. The van der Waals surface area contributed by atoms with Crippen LogP contribution in [0.25, 0.3) is 0 Å². The summed E-state index contributed by atoms with van der Waals surface area (Å²) in [5.41, 5.74) is -0.923. The second-order valence-corrected chi connectivity index (χ2v) is 5.83. The molecule has 0 aliphatic carbocycles. The standard InChI is InChI=1S/C13H14BrClF3NO/c1-7(2)11(6-15)19-12(20)8-3-4-10(14)9(5-8)13(16,17)18/h3-5,7,11H,6H2,1-2H3,(H,19,20). The van der Waals surface area contributed by atoms with Crippen molar-refractivity contribution in [1.29, 1.82) is 0 Å². The van der Waals surface area contributed by atoms with Crippen LogP contribution in [-0.4, -0.2) is 17.8 Å². The molecule has 0 fully saturated rings. The van der Waals surface area contributed by atoms with Gasteiger partial charge in [0.1, 0.15) is 0 Å². The number of hydrogen-bond acceptors (Lipinski definition) is 1. The van der Waals surface area contributed by atoms with E-state index in [0.717, 1.165) is 6.07 Å². The zero-order valence-corrected chi connectivity index (χ0v) is 13.2. The summed E-state index contributed by atoms with van der Waals surface area (Å²) in [6.07, 6.45) is -4.51. The third kappa shape index (κ3) is 4.38. The summed E-state index contributed by atoms with van der Waals surface area (Å²) in [5.74, 6) is -0.275. The molecule has 0 saturated heterocycles. The molecule has 1 N–H and O–H groups in total.